The minimum Gasteiger partial charge on any atom is -0.465 e. The standard InChI is InChI=1S/C19H27BrN4O5SSi/c1-19(2,3)31(4,5)29-10-12-8-11(21-18(25)26)9-23(12)16-13(24(27)28)6-7-14-15(16)22-17(20)30-14/h6-7,11-12,21H,8-10H2,1-5H3,(H,25,26)/t11-,12+/m1/s1. The molecule has 1 aromatic carbocycles. The van der Waals surface area contributed by atoms with E-state index in [0.29, 0.717) is 34.7 Å². The third-order valence-electron chi connectivity index (χ3n) is 6.16. The molecule has 1 fully saturated rings. The zero-order chi connectivity index (χ0) is 23.1. The van der Waals surface area contributed by atoms with Gasteiger partial charge in [0.15, 0.2) is 12.2 Å². The first-order valence-corrected chi connectivity index (χ1v) is 14.5. The lowest BCUT2D eigenvalue weighted by Crippen LogP contribution is -2.45. The quantitative estimate of drug-likeness (QED) is 0.299. The van der Waals surface area contributed by atoms with E-state index in [0.717, 1.165) is 4.70 Å². The van der Waals surface area contributed by atoms with Crippen LogP contribution in [0.15, 0.2) is 16.0 Å². The third kappa shape index (κ3) is 5.02. The van der Waals surface area contributed by atoms with Crippen LogP contribution >= 0.6 is 27.3 Å². The molecular formula is C19H27BrN4O5SSi. The number of nitro benzene ring substituents is 1. The van der Waals surface area contributed by atoms with Crippen molar-refractivity contribution in [3.05, 3.63) is 26.2 Å². The molecule has 9 nitrogen and oxygen atoms in total. The zero-order valence-corrected chi connectivity index (χ0v) is 21.5. The van der Waals surface area contributed by atoms with E-state index in [4.69, 9.17) is 4.43 Å². The smallest absolute Gasteiger partial charge is 0.404 e. The maximum absolute atomic E-state index is 11.9. The molecule has 1 saturated heterocycles. The van der Waals surface area contributed by atoms with Crippen molar-refractivity contribution in [2.75, 3.05) is 18.1 Å². The molecule has 1 aromatic heterocycles. The summed E-state index contributed by atoms with van der Waals surface area (Å²) < 4.78 is 7.89. The Morgan fingerprint density at radius 2 is 2.16 bits per heavy atom. The Hall–Kier alpha value is -1.76. The summed E-state index contributed by atoms with van der Waals surface area (Å²) in [4.78, 5) is 29.1. The molecule has 1 amide bonds. The molecule has 0 radical (unpaired) electrons. The normalized spacial score (nSPS) is 19.7. The van der Waals surface area contributed by atoms with E-state index in [2.05, 4.69) is 60.1 Å². The van der Waals surface area contributed by atoms with Crippen molar-refractivity contribution in [3.8, 4) is 0 Å². The van der Waals surface area contributed by atoms with Crippen molar-refractivity contribution < 1.29 is 19.3 Å². The molecule has 0 unspecified atom stereocenters. The fraction of sp³-hybridized carbons (Fsp3) is 0.579. The van der Waals surface area contributed by atoms with Crippen LogP contribution in [-0.4, -0.2) is 54.7 Å². The number of hydrogen-bond donors (Lipinski definition) is 2. The number of nitrogens with zero attached hydrogens (tertiary/aromatic N) is 3. The van der Waals surface area contributed by atoms with E-state index in [1.165, 1.54) is 17.4 Å². The van der Waals surface area contributed by atoms with Crippen LogP contribution in [-0.2, 0) is 4.43 Å². The second-order valence-electron chi connectivity index (χ2n) is 9.26. The molecule has 170 valence electrons. The van der Waals surface area contributed by atoms with Crippen LogP contribution < -0.4 is 10.2 Å². The second kappa shape index (κ2) is 8.64. The molecule has 2 aromatic rings. The molecule has 0 bridgehead atoms. The Labute approximate surface area is 194 Å². The largest absolute Gasteiger partial charge is 0.465 e. The Bertz CT molecular complexity index is 1010. The molecule has 1 aliphatic rings. The van der Waals surface area contributed by atoms with Gasteiger partial charge in [0.1, 0.15) is 11.2 Å². The average Bonchev–Trinajstić information content (AvgIpc) is 3.19. The summed E-state index contributed by atoms with van der Waals surface area (Å²) in [5, 5.41) is 23.6. The number of thiazole rings is 1. The van der Waals surface area contributed by atoms with Crippen molar-refractivity contribution in [3.63, 3.8) is 0 Å². The molecule has 1 aliphatic heterocycles. The maximum atomic E-state index is 11.9. The summed E-state index contributed by atoms with van der Waals surface area (Å²) in [5.41, 5.74) is 0.918. The number of rotatable bonds is 6. The van der Waals surface area contributed by atoms with Crippen molar-refractivity contribution in [2.24, 2.45) is 0 Å². The van der Waals surface area contributed by atoms with Crippen LogP contribution in [0.5, 0.6) is 0 Å². The van der Waals surface area contributed by atoms with E-state index in [-0.39, 0.29) is 22.8 Å². The number of amides is 1. The number of benzene rings is 1. The zero-order valence-electron chi connectivity index (χ0n) is 18.1. The second-order valence-corrected chi connectivity index (χ2v) is 16.4. The molecule has 0 spiro atoms. The predicted octanol–water partition coefficient (Wildman–Crippen LogP) is 5.20. The van der Waals surface area contributed by atoms with Gasteiger partial charge in [-0.3, -0.25) is 10.1 Å². The number of anilines is 1. The van der Waals surface area contributed by atoms with E-state index in [1.54, 1.807) is 6.07 Å². The SMILES string of the molecule is CC(C)(C)[Si](C)(C)OC[C@@H]1C[C@@H](NC(=O)O)CN1c1c([N+](=O)[O-])ccc2sc(Br)nc12. The molecule has 2 atom stereocenters. The van der Waals surface area contributed by atoms with E-state index in [9.17, 15) is 20.0 Å². The number of carboxylic acid groups (broad SMARTS) is 1. The van der Waals surface area contributed by atoms with Gasteiger partial charge in [-0.15, -0.1) is 11.3 Å². The minimum absolute atomic E-state index is 0.0148. The van der Waals surface area contributed by atoms with Gasteiger partial charge in [0.2, 0.25) is 0 Å². The molecular weight excluding hydrogens is 504 g/mol. The van der Waals surface area contributed by atoms with Gasteiger partial charge in [-0.05, 0) is 46.5 Å². The van der Waals surface area contributed by atoms with Crippen molar-refractivity contribution in [2.45, 2.75) is 57.4 Å². The van der Waals surface area contributed by atoms with Crippen molar-refractivity contribution >= 4 is 63.3 Å². The Kier molecular flexibility index (Phi) is 6.66. The molecule has 3 rings (SSSR count). The van der Waals surface area contributed by atoms with E-state index in [1.807, 2.05) is 4.90 Å². The fourth-order valence-corrected chi connectivity index (χ4v) is 5.96. The number of carbonyl (C=O) groups is 1. The fourth-order valence-electron chi connectivity index (χ4n) is 3.52. The van der Waals surface area contributed by atoms with E-state index < -0.39 is 19.3 Å². The topological polar surface area (TPSA) is 118 Å². The third-order valence-corrected chi connectivity index (χ3v) is 12.1. The molecule has 0 saturated carbocycles. The lowest BCUT2D eigenvalue weighted by Gasteiger charge is -2.38. The highest BCUT2D eigenvalue weighted by atomic mass is 79.9. The van der Waals surface area contributed by atoms with Crippen molar-refractivity contribution in [1.29, 1.82) is 0 Å². The Morgan fingerprint density at radius 3 is 2.74 bits per heavy atom. The molecule has 31 heavy (non-hydrogen) atoms. The number of hydrogen-bond acceptors (Lipinski definition) is 7. The highest BCUT2D eigenvalue weighted by Crippen LogP contribution is 2.43. The Morgan fingerprint density at radius 1 is 1.48 bits per heavy atom. The summed E-state index contributed by atoms with van der Waals surface area (Å²) in [7, 11) is -2.06. The lowest BCUT2D eigenvalue weighted by molar-refractivity contribution is -0.384. The van der Waals surface area contributed by atoms with Crippen LogP contribution in [0.3, 0.4) is 0 Å². The Balaban J connectivity index is 2.02. The van der Waals surface area contributed by atoms with Gasteiger partial charge in [0.05, 0.1) is 28.3 Å². The number of fused-ring (bicyclic) bond motifs is 1. The van der Waals surface area contributed by atoms with Gasteiger partial charge in [-0.25, -0.2) is 9.78 Å². The van der Waals surface area contributed by atoms with Crippen LogP contribution in [0.2, 0.25) is 18.1 Å². The summed E-state index contributed by atoms with van der Waals surface area (Å²) >= 11 is 4.78. The predicted molar refractivity (Wildman–Crippen MR) is 128 cm³/mol. The lowest BCUT2D eigenvalue weighted by atomic mass is 10.1. The monoisotopic (exact) mass is 530 g/mol. The molecule has 2 heterocycles. The van der Waals surface area contributed by atoms with Crippen molar-refractivity contribution in [1.82, 2.24) is 10.3 Å². The first kappa shape index (κ1) is 23.9. The number of nitro groups is 1. The molecule has 12 heteroatoms. The van der Waals surface area contributed by atoms with Crippen LogP contribution in [0.25, 0.3) is 10.2 Å². The number of halogens is 1. The summed E-state index contributed by atoms with van der Waals surface area (Å²) in [5.74, 6) is 0. The van der Waals surface area contributed by atoms with Gasteiger partial charge in [0.25, 0.3) is 5.69 Å². The molecule has 0 aliphatic carbocycles. The highest BCUT2D eigenvalue weighted by molar-refractivity contribution is 9.11. The first-order chi connectivity index (χ1) is 14.3. The summed E-state index contributed by atoms with van der Waals surface area (Å²) in [6.45, 7) is 11.4. The first-order valence-electron chi connectivity index (χ1n) is 9.93. The number of nitrogens with one attached hydrogen (secondary N) is 1. The summed E-state index contributed by atoms with van der Waals surface area (Å²) in [6, 6.07) is 2.62. The summed E-state index contributed by atoms with van der Waals surface area (Å²) in [6.07, 6.45) is -0.611. The van der Waals surface area contributed by atoms with E-state index >= 15 is 0 Å². The minimum atomic E-state index is -2.06. The van der Waals surface area contributed by atoms with Crippen LogP contribution in [0, 0.1) is 10.1 Å². The van der Waals surface area contributed by atoms with Gasteiger partial charge < -0.3 is 19.7 Å². The maximum Gasteiger partial charge on any atom is 0.404 e. The van der Waals surface area contributed by atoms with Crippen LogP contribution in [0.1, 0.15) is 27.2 Å². The van der Waals surface area contributed by atoms with Crippen LogP contribution in [0.4, 0.5) is 16.2 Å². The van der Waals surface area contributed by atoms with Gasteiger partial charge in [-0.2, -0.15) is 0 Å². The highest BCUT2D eigenvalue weighted by Gasteiger charge is 2.42. The number of aromatic nitrogens is 1. The molecule has 2 N–H and O–H groups in total. The van der Waals surface area contributed by atoms with Gasteiger partial charge >= 0.3 is 6.09 Å². The average molecular weight is 532 g/mol. The van der Waals surface area contributed by atoms with Gasteiger partial charge in [0, 0.05) is 12.6 Å². The van der Waals surface area contributed by atoms with Gasteiger partial charge in [-0.1, -0.05) is 20.8 Å².